The maximum Gasteiger partial charge on any atom is 0.332 e. The third kappa shape index (κ3) is 15.7. The van der Waals surface area contributed by atoms with Crippen LogP contribution in [-0.4, -0.2) is 129 Å². The van der Waals surface area contributed by atoms with Crippen molar-refractivity contribution in [1.29, 1.82) is 10.5 Å². The highest BCUT2D eigenvalue weighted by Crippen LogP contribution is 2.08. The monoisotopic (exact) mass is 1200 g/mol. The molecule has 454 valence electrons. The van der Waals surface area contributed by atoms with Gasteiger partial charge in [0, 0.05) is 108 Å². The highest BCUT2D eigenvalue weighted by Gasteiger charge is 2.18. The molecule has 0 aliphatic heterocycles. The lowest BCUT2D eigenvalue weighted by atomic mass is 10.2. The van der Waals surface area contributed by atoms with Gasteiger partial charge in [0.2, 0.25) is 0 Å². The predicted octanol–water partition coefficient (Wildman–Crippen LogP) is -0.468. The zero-order valence-corrected chi connectivity index (χ0v) is 48.9. The summed E-state index contributed by atoms with van der Waals surface area (Å²) < 4.78 is 31.1. The number of fused-ring (bicyclic) bond motifs is 4. The number of imidazole rings is 4. The summed E-state index contributed by atoms with van der Waals surface area (Å²) in [6.07, 6.45) is 14.6. The van der Waals surface area contributed by atoms with Crippen LogP contribution in [0.2, 0.25) is 0 Å². The smallest absolute Gasteiger partial charge is 0.328 e. The quantitative estimate of drug-likeness (QED) is 0.0766. The van der Waals surface area contributed by atoms with E-state index in [2.05, 4.69) is 66.2 Å². The largest absolute Gasteiger partial charge is 0.332 e. The number of hydrogen-bond acceptors (Lipinski definition) is 20. The summed E-state index contributed by atoms with van der Waals surface area (Å²) in [7, 11) is 12.3. The zero-order valence-electron chi connectivity index (χ0n) is 49.1. The fraction of sp³-hybridized carbons (Fsp3) is 0.510. The number of nitrogens with one attached hydrogen (secondary N) is 3. The van der Waals surface area contributed by atoms with Crippen molar-refractivity contribution in [3.63, 3.8) is 0 Å². The number of aryl methyl sites for hydroxylation is 10. The molecule has 0 spiro atoms. The van der Waals surface area contributed by atoms with Crippen molar-refractivity contribution in [3.05, 3.63) is 120 Å². The molecule has 85 heavy (non-hydrogen) atoms. The molecule has 0 saturated carbocycles. The number of nitrogens with zero attached hydrogens (tertiary/aromatic N) is 23. The molecule has 0 saturated heterocycles. The number of aromatic nitrogens is 24. The van der Waals surface area contributed by atoms with E-state index in [0.717, 1.165) is 25.7 Å². The Kier molecular flexibility index (Phi) is 23.7. The number of hydrogen-bond donors (Lipinski definition) is 3. The van der Waals surface area contributed by atoms with Gasteiger partial charge in [-0.1, -0.05) is 10.4 Å². The van der Waals surface area contributed by atoms with Crippen LogP contribution in [0.3, 0.4) is 0 Å². The average molecular weight is 1200 g/mol. The van der Waals surface area contributed by atoms with Gasteiger partial charge in [-0.25, -0.2) is 39.1 Å². The van der Waals surface area contributed by atoms with Crippen molar-refractivity contribution in [2.75, 3.05) is 13.0 Å². The van der Waals surface area contributed by atoms with Gasteiger partial charge in [0.1, 0.15) is 0 Å². The second kappa shape index (κ2) is 31.4. The number of nitriles is 2. The second-order valence-electron chi connectivity index (χ2n) is 18.8. The Morgan fingerprint density at radius 1 is 0.506 bits per heavy atom. The SMILES string of the molecule is Cn1cnc2c1c(=O)[nH]c(=O)n2C.Cn1cnc2c1c(=O)n(CCCCC#N)c(=O)n2C.Cn1cnc2c1c(=O)n(CCCCc1nn[nH]n1)c(=O)n2C.Cn1cnc2c1c(=O)n(CCCCc1nn[nH]n1)c(=O)n2C.N#CCCCCCl.[2H]CF. The van der Waals surface area contributed by atoms with E-state index < -0.39 is 18.4 Å². The standard InChI is InChI=1S/2C12H16N8O2.C12H15N5O2.C7H8N4O2.C5H8ClN.CH3F/c2*1-18-7-13-10-9(18)11(21)20(12(22)19(10)2)6-4-3-5-8-14-16-17-15-8;1-15-8-14-10-9(15)11(18)17(12(19)16(10)2)7-5-3-4-6-13;1-10-3-8-5-4(10)6(12)9-7(13)11(5)2;6-4-2-1-3-5-7;1-2/h2*7H,3-6H2,1-2H3,(H,14,15,16,17);8H,3-5,7H2,1-2H3;3H,1-2H3,(H,9,12,13);1-4H2;1H3/i;;;;;1D. The van der Waals surface area contributed by atoms with E-state index in [1.165, 1.54) is 57.3 Å². The fourth-order valence-corrected chi connectivity index (χ4v) is 8.69. The number of rotatable bonds is 17. The van der Waals surface area contributed by atoms with Crippen LogP contribution in [0, 0.1) is 22.7 Å². The summed E-state index contributed by atoms with van der Waals surface area (Å²) in [5.74, 6) is 1.94. The van der Waals surface area contributed by atoms with Crippen molar-refractivity contribution < 1.29 is 5.76 Å². The summed E-state index contributed by atoms with van der Waals surface area (Å²) in [5, 5.41) is 43.7. The Labute approximate surface area is 486 Å². The Morgan fingerprint density at radius 3 is 1.16 bits per heavy atom. The third-order valence-electron chi connectivity index (χ3n) is 13.0. The van der Waals surface area contributed by atoms with Crippen LogP contribution in [0.4, 0.5) is 4.39 Å². The van der Waals surface area contributed by atoms with Crippen LogP contribution in [0.5, 0.6) is 0 Å². The van der Waals surface area contributed by atoms with Gasteiger partial charge in [-0.05, 0) is 51.4 Å². The normalized spacial score (nSPS) is 10.8. The van der Waals surface area contributed by atoms with Crippen molar-refractivity contribution in [3.8, 4) is 12.1 Å². The minimum absolute atomic E-state index is 0.308. The Bertz CT molecular complexity index is 4290. The average Bonchev–Trinajstić information content (AvgIpc) is 2.00. The van der Waals surface area contributed by atoms with Crippen molar-refractivity contribution >= 4 is 56.3 Å². The van der Waals surface area contributed by atoms with Gasteiger partial charge < -0.3 is 18.3 Å². The minimum Gasteiger partial charge on any atom is -0.328 e. The Morgan fingerprint density at radius 2 is 0.835 bits per heavy atom. The summed E-state index contributed by atoms with van der Waals surface area (Å²) in [4.78, 5) is 115. The third-order valence-corrected chi connectivity index (χ3v) is 13.3. The molecule has 0 aromatic carbocycles. The highest BCUT2D eigenvalue weighted by atomic mass is 35.5. The van der Waals surface area contributed by atoms with E-state index in [1.807, 2.05) is 12.1 Å². The molecule has 10 heterocycles. The van der Waals surface area contributed by atoms with E-state index in [-0.39, 0.29) is 33.7 Å². The van der Waals surface area contributed by atoms with Crippen LogP contribution < -0.4 is 45.0 Å². The number of tetrazole rings is 2. The Hall–Kier alpha value is -10.1. The van der Waals surface area contributed by atoms with Crippen LogP contribution >= 0.6 is 11.6 Å². The van der Waals surface area contributed by atoms with Gasteiger partial charge in [-0.15, -0.1) is 32.0 Å². The van der Waals surface area contributed by atoms with Crippen molar-refractivity contribution in [2.45, 2.75) is 96.7 Å². The summed E-state index contributed by atoms with van der Waals surface area (Å²) in [6.45, 7) is 1.03. The molecular formula is C49H66ClFN26O8. The molecule has 0 atom stereocenters. The lowest BCUT2D eigenvalue weighted by Gasteiger charge is -2.08. The first kappa shape index (κ1) is 64.1. The van der Waals surface area contributed by atoms with Gasteiger partial charge >= 0.3 is 22.8 Å². The molecule has 0 aliphatic rings. The molecule has 36 heteroatoms. The minimum atomic E-state index is -1.00. The molecular weight excluding hydrogens is 1140 g/mol. The van der Waals surface area contributed by atoms with Crippen molar-refractivity contribution in [2.24, 2.45) is 56.4 Å². The van der Waals surface area contributed by atoms with Gasteiger partial charge in [0.25, 0.3) is 22.2 Å². The molecule has 0 bridgehead atoms. The first-order valence-corrected chi connectivity index (χ1v) is 26.8. The summed E-state index contributed by atoms with van der Waals surface area (Å²) in [6, 6.07) is 4.09. The summed E-state index contributed by atoms with van der Waals surface area (Å²) in [5.41, 5.74) is 0.424. The maximum atomic E-state index is 12.5. The number of alkyl halides is 2. The molecule has 0 fully saturated rings. The van der Waals surface area contributed by atoms with E-state index in [4.69, 9.17) is 23.5 Å². The van der Waals surface area contributed by atoms with Gasteiger partial charge in [-0.2, -0.15) is 21.0 Å². The van der Waals surface area contributed by atoms with Crippen LogP contribution in [0.25, 0.3) is 44.7 Å². The van der Waals surface area contributed by atoms with Gasteiger partial charge in [0.05, 0.1) is 46.0 Å². The number of halogens is 2. The van der Waals surface area contributed by atoms with E-state index in [1.54, 1.807) is 74.6 Å². The fourth-order valence-electron chi connectivity index (χ4n) is 8.50. The molecule has 0 aliphatic carbocycles. The maximum absolute atomic E-state index is 12.5. The van der Waals surface area contributed by atoms with Gasteiger partial charge in [0.15, 0.2) is 56.3 Å². The second-order valence-corrected chi connectivity index (χ2v) is 19.2. The predicted molar refractivity (Wildman–Crippen MR) is 308 cm³/mol. The number of H-pyrrole nitrogens is 3. The van der Waals surface area contributed by atoms with Crippen LogP contribution in [0.15, 0.2) is 63.7 Å². The lowest BCUT2D eigenvalue weighted by Crippen LogP contribution is -2.39. The molecule has 3 N–H and O–H groups in total. The first-order valence-electron chi connectivity index (χ1n) is 26.9. The Balaban J connectivity index is 0.000000201. The summed E-state index contributed by atoms with van der Waals surface area (Å²) >= 11 is 5.33. The molecule has 34 nitrogen and oxygen atoms in total. The van der Waals surface area contributed by atoms with E-state index >= 15 is 0 Å². The lowest BCUT2D eigenvalue weighted by molar-refractivity contribution is 0.549. The van der Waals surface area contributed by atoms with Gasteiger partial charge in [-0.3, -0.25) is 60.5 Å². The van der Waals surface area contributed by atoms with E-state index in [0.29, 0.717) is 133 Å². The first-order chi connectivity index (χ1) is 41.2. The molecule has 0 amide bonds. The number of unbranched alkanes of at least 4 members (excludes halogenated alkanes) is 6. The van der Waals surface area contributed by atoms with E-state index in [9.17, 15) is 42.7 Å². The topological polar surface area (TPSA) is 415 Å². The van der Waals surface area contributed by atoms with Crippen LogP contribution in [-0.2, 0) is 88.9 Å². The van der Waals surface area contributed by atoms with Crippen LogP contribution in [0.1, 0.15) is 77.2 Å². The zero-order chi connectivity index (χ0) is 63.2. The molecule has 10 aromatic rings. The van der Waals surface area contributed by atoms with Crippen molar-refractivity contribution in [1.82, 2.24) is 116 Å². The highest BCUT2D eigenvalue weighted by molar-refractivity contribution is 6.17. The molecule has 10 aromatic heterocycles. The molecule has 0 unspecified atom stereocenters. The molecule has 10 rings (SSSR count). The molecule has 0 radical (unpaired) electrons. The number of aromatic amines is 3.